The summed E-state index contributed by atoms with van der Waals surface area (Å²) < 4.78 is 1.96. The zero-order chi connectivity index (χ0) is 10.3. The van der Waals surface area contributed by atoms with Gasteiger partial charge in [-0.1, -0.05) is 12.1 Å². The van der Waals surface area contributed by atoms with Gasteiger partial charge in [0.15, 0.2) is 5.82 Å². The highest BCUT2D eigenvalue weighted by molar-refractivity contribution is 7.15. The summed E-state index contributed by atoms with van der Waals surface area (Å²) >= 11 is 1.57. The number of aromatic nitrogens is 3. The van der Waals surface area contributed by atoms with Crippen molar-refractivity contribution in [3.8, 4) is 11.4 Å². The molecule has 15 heavy (non-hydrogen) atoms. The zero-order valence-corrected chi connectivity index (χ0v) is 8.61. The van der Waals surface area contributed by atoms with Crippen LogP contribution >= 0.6 is 11.3 Å². The normalized spacial score (nSPS) is 10.9. The Bertz CT molecular complexity index is 610. The summed E-state index contributed by atoms with van der Waals surface area (Å²) in [4.78, 5) is 0.896. The standard InChI is InChI=1S/C10H8N4S/c11-8-3-1-2-7(6-8)9-12-13-10-14(9)4-5-15-10/h1-6H,11H2. The minimum Gasteiger partial charge on any atom is -0.399 e. The molecule has 4 nitrogen and oxygen atoms in total. The number of benzene rings is 1. The number of thiazole rings is 1. The van der Waals surface area contributed by atoms with E-state index in [4.69, 9.17) is 5.73 Å². The first-order valence-electron chi connectivity index (χ1n) is 4.49. The molecule has 0 fully saturated rings. The fourth-order valence-corrected chi connectivity index (χ4v) is 2.17. The van der Waals surface area contributed by atoms with Crippen molar-refractivity contribution >= 4 is 22.0 Å². The van der Waals surface area contributed by atoms with Gasteiger partial charge in [-0.05, 0) is 12.1 Å². The van der Waals surface area contributed by atoms with Crippen LogP contribution in [0.3, 0.4) is 0 Å². The van der Waals surface area contributed by atoms with Gasteiger partial charge in [0.1, 0.15) is 0 Å². The molecule has 0 aliphatic rings. The molecule has 0 atom stereocenters. The molecule has 3 rings (SSSR count). The molecule has 0 radical (unpaired) electrons. The molecule has 0 aliphatic heterocycles. The fraction of sp³-hybridized carbons (Fsp3) is 0. The maximum Gasteiger partial charge on any atom is 0.216 e. The number of nitrogen functional groups attached to an aromatic ring is 1. The van der Waals surface area contributed by atoms with Crippen molar-refractivity contribution in [2.24, 2.45) is 0 Å². The average molecular weight is 216 g/mol. The van der Waals surface area contributed by atoms with Gasteiger partial charge < -0.3 is 5.73 Å². The van der Waals surface area contributed by atoms with Gasteiger partial charge in [-0.3, -0.25) is 4.40 Å². The Kier molecular flexibility index (Phi) is 1.72. The molecular weight excluding hydrogens is 208 g/mol. The predicted molar refractivity (Wildman–Crippen MR) is 60.7 cm³/mol. The number of rotatable bonds is 1. The van der Waals surface area contributed by atoms with Gasteiger partial charge in [-0.25, -0.2) is 0 Å². The molecular formula is C10H8N4S. The van der Waals surface area contributed by atoms with Crippen molar-refractivity contribution in [2.75, 3.05) is 5.73 Å². The number of hydrogen-bond donors (Lipinski definition) is 1. The topological polar surface area (TPSA) is 56.2 Å². The van der Waals surface area contributed by atoms with Gasteiger partial charge >= 0.3 is 0 Å². The van der Waals surface area contributed by atoms with E-state index in [1.165, 1.54) is 0 Å². The highest BCUT2D eigenvalue weighted by atomic mass is 32.1. The lowest BCUT2D eigenvalue weighted by molar-refractivity contribution is 1.11. The second-order valence-electron chi connectivity index (χ2n) is 3.20. The summed E-state index contributed by atoms with van der Waals surface area (Å²) in [6.45, 7) is 0. The Morgan fingerprint density at radius 3 is 3.07 bits per heavy atom. The number of hydrogen-bond acceptors (Lipinski definition) is 4. The predicted octanol–water partition coefficient (Wildman–Crippen LogP) is 2.04. The van der Waals surface area contributed by atoms with E-state index in [1.807, 2.05) is 40.2 Å². The Balaban J connectivity index is 2.26. The van der Waals surface area contributed by atoms with Crippen LogP contribution < -0.4 is 5.73 Å². The van der Waals surface area contributed by atoms with Crippen LogP contribution in [0.25, 0.3) is 16.3 Å². The molecule has 3 aromatic rings. The first-order valence-corrected chi connectivity index (χ1v) is 5.37. The van der Waals surface area contributed by atoms with Crippen LogP contribution in [0.15, 0.2) is 35.8 Å². The van der Waals surface area contributed by atoms with Crippen LogP contribution in [0.5, 0.6) is 0 Å². The summed E-state index contributed by atoms with van der Waals surface area (Å²) in [5, 5.41) is 10.2. The van der Waals surface area contributed by atoms with Crippen LogP contribution in [0.1, 0.15) is 0 Å². The van der Waals surface area contributed by atoms with Gasteiger partial charge in [0, 0.05) is 22.8 Å². The van der Waals surface area contributed by atoms with Gasteiger partial charge in [0.05, 0.1) is 0 Å². The summed E-state index contributed by atoms with van der Waals surface area (Å²) in [6.07, 6.45) is 1.96. The molecule has 2 aromatic heterocycles. The van der Waals surface area contributed by atoms with E-state index in [1.54, 1.807) is 11.3 Å². The largest absolute Gasteiger partial charge is 0.399 e. The lowest BCUT2D eigenvalue weighted by Crippen LogP contribution is -1.88. The molecule has 74 valence electrons. The average Bonchev–Trinajstić information content (AvgIpc) is 2.77. The molecule has 0 unspecified atom stereocenters. The lowest BCUT2D eigenvalue weighted by atomic mass is 10.2. The summed E-state index contributed by atoms with van der Waals surface area (Å²) in [7, 11) is 0. The van der Waals surface area contributed by atoms with Gasteiger partial charge in [-0.15, -0.1) is 21.5 Å². The maximum absolute atomic E-state index is 5.73. The zero-order valence-electron chi connectivity index (χ0n) is 7.79. The van der Waals surface area contributed by atoms with Gasteiger partial charge in [-0.2, -0.15) is 0 Å². The number of nitrogens with zero attached hydrogens (tertiary/aromatic N) is 3. The maximum atomic E-state index is 5.73. The van der Waals surface area contributed by atoms with Crippen molar-refractivity contribution < 1.29 is 0 Å². The molecule has 1 aromatic carbocycles. The number of fused-ring (bicyclic) bond motifs is 1. The second-order valence-corrected chi connectivity index (χ2v) is 4.08. The van der Waals surface area contributed by atoms with Crippen molar-refractivity contribution in [3.63, 3.8) is 0 Å². The van der Waals surface area contributed by atoms with E-state index >= 15 is 0 Å². The smallest absolute Gasteiger partial charge is 0.216 e. The van der Waals surface area contributed by atoms with E-state index in [-0.39, 0.29) is 0 Å². The second kappa shape index (κ2) is 3.06. The van der Waals surface area contributed by atoms with Crippen LogP contribution in [0.2, 0.25) is 0 Å². The summed E-state index contributed by atoms with van der Waals surface area (Å²) in [5.41, 5.74) is 7.45. The first-order chi connectivity index (χ1) is 7.34. The molecule has 2 N–H and O–H groups in total. The third kappa shape index (κ3) is 1.28. The Labute approximate surface area is 90.0 Å². The molecule has 0 amide bonds. The quantitative estimate of drug-likeness (QED) is 0.633. The van der Waals surface area contributed by atoms with Crippen LogP contribution in [0.4, 0.5) is 5.69 Å². The lowest BCUT2D eigenvalue weighted by Gasteiger charge is -1.98. The number of anilines is 1. The highest BCUT2D eigenvalue weighted by Gasteiger charge is 2.08. The van der Waals surface area contributed by atoms with E-state index in [9.17, 15) is 0 Å². The summed E-state index contributed by atoms with van der Waals surface area (Å²) in [5.74, 6) is 0.832. The summed E-state index contributed by atoms with van der Waals surface area (Å²) in [6, 6.07) is 7.64. The Hall–Kier alpha value is -1.88. The van der Waals surface area contributed by atoms with Crippen LogP contribution in [-0.2, 0) is 0 Å². The van der Waals surface area contributed by atoms with Gasteiger partial charge in [0.2, 0.25) is 4.96 Å². The number of nitrogens with two attached hydrogens (primary N) is 1. The van der Waals surface area contributed by atoms with Crippen molar-refractivity contribution in [2.45, 2.75) is 0 Å². The van der Waals surface area contributed by atoms with Gasteiger partial charge in [0.25, 0.3) is 0 Å². The van der Waals surface area contributed by atoms with E-state index in [2.05, 4.69) is 10.2 Å². The van der Waals surface area contributed by atoms with Crippen molar-refractivity contribution in [1.82, 2.24) is 14.6 Å². The molecule has 5 heteroatoms. The minimum absolute atomic E-state index is 0.736. The molecule has 0 saturated heterocycles. The van der Waals surface area contributed by atoms with Crippen LogP contribution in [-0.4, -0.2) is 14.6 Å². The Morgan fingerprint density at radius 2 is 2.20 bits per heavy atom. The van der Waals surface area contributed by atoms with E-state index in [0.29, 0.717) is 0 Å². The highest BCUT2D eigenvalue weighted by Crippen LogP contribution is 2.22. The molecule has 2 heterocycles. The first kappa shape index (κ1) is 8.43. The fourth-order valence-electron chi connectivity index (χ4n) is 1.52. The Morgan fingerprint density at radius 1 is 1.27 bits per heavy atom. The third-order valence-electron chi connectivity index (χ3n) is 2.19. The minimum atomic E-state index is 0.736. The molecule has 0 saturated carbocycles. The molecule has 0 aliphatic carbocycles. The van der Waals surface area contributed by atoms with Crippen molar-refractivity contribution in [1.29, 1.82) is 0 Å². The third-order valence-corrected chi connectivity index (χ3v) is 2.94. The molecule has 0 spiro atoms. The molecule has 0 bridgehead atoms. The monoisotopic (exact) mass is 216 g/mol. The van der Waals surface area contributed by atoms with Crippen LogP contribution in [0, 0.1) is 0 Å². The van der Waals surface area contributed by atoms with Crippen molar-refractivity contribution in [3.05, 3.63) is 35.8 Å². The van der Waals surface area contributed by atoms with E-state index in [0.717, 1.165) is 22.0 Å². The SMILES string of the molecule is Nc1cccc(-c2nnc3sccn23)c1. The van der Waals surface area contributed by atoms with E-state index < -0.39 is 0 Å².